The van der Waals surface area contributed by atoms with Crippen molar-refractivity contribution in [3.8, 4) is 11.4 Å². The smallest absolute Gasteiger partial charge is 0.256 e. The second-order valence-electron chi connectivity index (χ2n) is 8.34. The van der Waals surface area contributed by atoms with Gasteiger partial charge >= 0.3 is 0 Å². The number of aromatic nitrogens is 3. The first-order valence-electron chi connectivity index (χ1n) is 10.8. The van der Waals surface area contributed by atoms with Crippen LogP contribution in [0.1, 0.15) is 53.8 Å². The van der Waals surface area contributed by atoms with E-state index < -0.39 is 6.10 Å². The Kier molecular flexibility index (Phi) is 5.19. The fourth-order valence-electron chi connectivity index (χ4n) is 4.67. The van der Waals surface area contributed by atoms with Gasteiger partial charge in [-0.1, -0.05) is 24.3 Å². The first kappa shape index (κ1) is 19.8. The van der Waals surface area contributed by atoms with E-state index in [1.165, 1.54) is 4.80 Å². The Labute approximate surface area is 181 Å². The zero-order chi connectivity index (χ0) is 21.4. The number of aliphatic hydroxyl groups excluding tert-OH is 1. The maximum atomic E-state index is 13.5. The summed E-state index contributed by atoms with van der Waals surface area (Å²) in [5, 5.41) is 18.6. The number of likely N-dealkylation sites (tertiary alicyclic amines) is 1. The average molecular weight is 418 g/mol. The molecule has 3 atom stereocenters. The van der Waals surface area contributed by atoms with Gasteiger partial charge in [0.1, 0.15) is 11.9 Å². The number of para-hydroxylation sites is 1. The highest BCUT2D eigenvalue weighted by atomic mass is 16.5. The van der Waals surface area contributed by atoms with E-state index in [9.17, 15) is 9.90 Å². The maximum absolute atomic E-state index is 13.5. The van der Waals surface area contributed by atoms with Gasteiger partial charge in [0, 0.05) is 11.6 Å². The molecule has 31 heavy (non-hydrogen) atoms. The molecule has 0 bridgehead atoms. The summed E-state index contributed by atoms with van der Waals surface area (Å²) in [4.78, 5) is 16.9. The largest absolute Gasteiger partial charge is 0.488 e. The summed E-state index contributed by atoms with van der Waals surface area (Å²) in [6.07, 6.45) is 6.03. The molecule has 5 rings (SSSR count). The SMILES string of the molecule is C[C@@H]1CC[C@@H](Oc2cccc3c2CC[C@H]3O)CN1C(=O)c1ccccc1-n1nccn1. The molecule has 0 radical (unpaired) electrons. The van der Waals surface area contributed by atoms with Crippen molar-refractivity contribution in [1.82, 2.24) is 19.9 Å². The molecule has 0 unspecified atom stereocenters. The van der Waals surface area contributed by atoms with Crippen LogP contribution in [-0.2, 0) is 6.42 Å². The molecule has 2 heterocycles. The van der Waals surface area contributed by atoms with Crippen LogP contribution in [0, 0.1) is 0 Å². The molecule has 1 aromatic heterocycles. The monoisotopic (exact) mass is 418 g/mol. The fraction of sp³-hybridized carbons (Fsp3) is 0.375. The van der Waals surface area contributed by atoms with Crippen molar-refractivity contribution < 1.29 is 14.6 Å². The molecular weight excluding hydrogens is 392 g/mol. The Balaban J connectivity index is 1.37. The number of amides is 1. The number of nitrogens with zero attached hydrogens (tertiary/aromatic N) is 4. The van der Waals surface area contributed by atoms with Gasteiger partial charge in [-0.25, -0.2) is 0 Å². The van der Waals surface area contributed by atoms with Gasteiger partial charge in [-0.3, -0.25) is 4.79 Å². The minimum atomic E-state index is -0.407. The van der Waals surface area contributed by atoms with E-state index in [2.05, 4.69) is 17.1 Å². The second kappa shape index (κ2) is 8.15. The lowest BCUT2D eigenvalue weighted by Gasteiger charge is -2.38. The highest BCUT2D eigenvalue weighted by Crippen LogP contribution is 2.37. The highest BCUT2D eigenvalue weighted by molar-refractivity contribution is 5.98. The van der Waals surface area contributed by atoms with Gasteiger partial charge in [0.05, 0.1) is 36.3 Å². The Bertz CT molecular complexity index is 1080. The molecular formula is C24H26N4O3. The lowest BCUT2D eigenvalue weighted by atomic mass is 9.99. The summed E-state index contributed by atoms with van der Waals surface area (Å²) in [6.45, 7) is 2.60. The van der Waals surface area contributed by atoms with Crippen LogP contribution in [0.15, 0.2) is 54.9 Å². The number of benzene rings is 2. The van der Waals surface area contributed by atoms with Gasteiger partial charge in [-0.05, 0) is 56.4 Å². The van der Waals surface area contributed by atoms with Gasteiger partial charge in [0.25, 0.3) is 5.91 Å². The van der Waals surface area contributed by atoms with E-state index in [4.69, 9.17) is 4.74 Å². The van der Waals surface area contributed by atoms with Crippen molar-refractivity contribution in [2.24, 2.45) is 0 Å². The van der Waals surface area contributed by atoms with Crippen LogP contribution in [0.5, 0.6) is 5.75 Å². The predicted octanol–water partition coefficient (Wildman–Crippen LogP) is 3.32. The van der Waals surface area contributed by atoms with Crippen molar-refractivity contribution in [3.05, 3.63) is 71.5 Å². The van der Waals surface area contributed by atoms with Crippen LogP contribution in [0.3, 0.4) is 0 Å². The number of carbonyl (C=O) groups is 1. The second-order valence-corrected chi connectivity index (χ2v) is 8.34. The van der Waals surface area contributed by atoms with Crippen molar-refractivity contribution in [2.75, 3.05) is 6.54 Å². The van der Waals surface area contributed by atoms with Crippen LogP contribution >= 0.6 is 0 Å². The molecule has 1 amide bonds. The molecule has 0 spiro atoms. The topological polar surface area (TPSA) is 80.5 Å². The Morgan fingerprint density at radius 2 is 1.87 bits per heavy atom. The summed E-state index contributed by atoms with van der Waals surface area (Å²) in [5.74, 6) is 0.796. The van der Waals surface area contributed by atoms with E-state index in [-0.39, 0.29) is 18.1 Å². The Morgan fingerprint density at radius 1 is 1.06 bits per heavy atom. The van der Waals surface area contributed by atoms with Gasteiger partial charge < -0.3 is 14.7 Å². The number of ether oxygens (including phenoxy) is 1. The lowest BCUT2D eigenvalue weighted by Crippen LogP contribution is -2.49. The van der Waals surface area contributed by atoms with Crippen LogP contribution in [-0.4, -0.2) is 49.6 Å². The molecule has 1 N–H and O–H groups in total. The van der Waals surface area contributed by atoms with Gasteiger partial charge in [0.2, 0.25) is 0 Å². The third-order valence-electron chi connectivity index (χ3n) is 6.36. The predicted molar refractivity (Wildman–Crippen MR) is 115 cm³/mol. The molecule has 1 aliphatic carbocycles. The lowest BCUT2D eigenvalue weighted by molar-refractivity contribution is 0.0382. The number of hydrogen-bond donors (Lipinski definition) is 1. The van der Waals surface area contributed by atoms with E-state index >= 15 is 0 Å². The first-order chi connectivity index (χ1) is 15.1. The number of hydrogen-bond acceptors (Lipinski definition) is 5. The van der Waals surface area contributed by atoms with Crippen LogP contribution < -0.4 is 4.74 Å². The standard InChI is InChI=1S/C24H26N4O3/c1-16-9-10-17(31-23-8-4-6-18-19(23)11-12-22(18)29)15-27(16)24(30)20-5-2-3-7-21(20)28-25-13-14-26-28/h2-8,13-14,16-17,22,29H,9-12,15H2,1H3/t16-,17-,22-/m1/s1. The summed E-state index contributed by atoms with van der Waals surface area (Å²) in [6, 6.07) is 13.4. The summed E-state index contributed by atoms with van der Waals surface area (Å²) >= 11 is 0. The zero-order valence-corrected chi connectivity index (χ0v) is 17.5. The molecule has 1 fully saturated rings. The van der Waals surface area contributed by atoms with E-state index in [0.29, 0.717) is 17.8 Å². The highest BCUT2D eigenvalue weighted by Gasteiger charge is 2.33. The van der Waals surface area contributed by atoms with Crippen molar-refractivity contribution in [3.63, 3.8) is 0 Å². The molecule has 3 aromatic rings. The third kappa shape index (κ3) is 3.70. The van der Waals surface area contributed by atoms with Crippen molar-refractivity contribution in [1.29, 1.82) is 0 Å². The zero-order valence-electron chi connectivity index (χ0n) is 17.5. The number of piperidine rings is 1. The fourth-order valence-corrected chi connectivity index (χ4v) is 4.67. The van der Waals surface area contributed by atoms with Gasteiger partial charge in [-0.2, -0.15) is 15.0 Å². The molecule has 2 aliphatic rings. The van der Waals surface area contributed by atoms with Crippen LogP contribution in [0.4, 0.5) is 0 Å². The number of carbonyl (C=O) groups excluding carboxylic acids is 1. The van der Waals surface area contributed by atoms with Gasteiger partial charge in [-0.15, -0.1) is 0 Å². The summed E-state index contributed by atoms with van der Waals surface area (Å²) < 4.78 is 6.38. The van der Waals surface area contributed by atoms with E-state index in [1.807, 2.05) is 47.4 Å². The molecule has 1 aliphatic heterocycles. The Morgan fingerprint density at radius 3 is 2.71 bits per heavy atom. The quantitative estimate of drug-likeness (QED) is 0.703. The number of aliphatic hydroxyl groups is 1. The third-order valence-corrected chi connectivity index (χ3v) is 6.36. The van der Waals surface area contributed by atoms with E-state index in [1.54, 1.807) is 12.4 Å². The molecule has 7 heteroatoms. The van der Waals surface area contributed by atoms with Crippen LogP contribution in [0.2, 0.25) is 0 Å². The first-order valence-corrected chi connectivity index (χ1v) is 10.8. The minimum absolute atomic E-state index is 0.0394. The van der Waals surface area contributed by atoms with Gasteiger partial charge in [0.15, 0.2) is 0 Å². The number of rotatable bonds is 4. The molecule has 7 nitrogen and oxygen atoms in total. The normalized spacial score (nSPS) is 22.9. The number of fused-ring (bicyclic) bond motifs is 1. The molecule has 1 saturated heterocycles. The summed E-state index contributed by atoms with van der Waals surface area (Å²) in [7, 11) is 0. The van der Waals surface area contributed by atoms with Crippen molar-refractivity contribution in [2.45, 2.75) is 50.9 Å². The van der Waals surface area contributed by atoms with Crippen molar-refractivity contribution >= 4 is 5.91 Å². The average Bonchev–Trinajstić information content (AvgIpc) is 3.46. The molecule has 160 valence electrons. The van der Waals surface area contributed by atoms with Crippen LogP contribution in [0.25, 0.3) is 5.69 Å². The molecule has 2 aromatic carbocycles. The van der Waals surface area contributed by atoms with E-state index in [0.717, 1.165) is 42.6 Å². The minimum Gasteiger partial charge on any atom is -0.488 e. The Hall–Kier alpha value is -3.19. The summed E-state index contributed by atoms with van der Waals surface area (Å²) in [5.41, 5.74) is 3.31. The maximum Gasteiger partial charge on any atom is 0.256 e. The molecule has 0 saturated carbocycles.